The molecule has 1 aliphatic carbocycles. The Hall–Kier alpha value is -1.39. The van der Waals surface area contributed by atoms with Crippen molar-refractivity contribution < 1.29 is 23.9 Å². The first kappa shape index (κ1) is 15.7. The van der Waals surface area contributed by atoms with E-state index in [1.165, 1.54) is 7.11 Å². The van der Waals surface area contributed by atoms with Crippen molar-refractivity contribution in [2.45, 2.75) is 52.1 Å². The van der Waals surface area contributed by atoms with Gasteiger partial charge in [0.1, 0.15) is 11.4 Å². The lowest BCUT2D eigenvalue weighted by Gasteiger charge is -2.20. The van der Waals surface area contributed by atoms with Gasteiger partial charge in [-0.2, -0.15) is 0 Å². The van der Waals surface area contributed by atoms with Gasteiger partial charge in [0.15, 0.2) is 0 Å². The molecule has 1 fully saturated rings. The van der Waals surface area contributed by atoms with Crippen LogP contribution in [0.5, 0.6) is 0 Å². The third-order valence-electron chi connectivity index (χ3n) is 3.14. The van der Waals surface area contributed by atoms with Gasteiger partial charge in [0.25, 0.3) is 0 Å². The average Bonchev–Trinajstić information content (AvgIpc) is 2.59. The highest BCUT2D eigenvalue weighted by Gasteiger charge is 2.37. The van der Waals surface area contributed by atoms with Crippen LogP contribution in [0.15, 0.2) is 0 Å². The largest absolute Gasteiger partial charge is 0.469 e. The molecule has 0 aromatic rings. The molecule has 2 unspecified atom stereocenters. The van der Waals surface area contributed by atoms with E-state index < -0.39 is 5.60 Å². The number of Topliss-reactive ketones (excluding diaryl/α,β-unsaturated/α-hetero) is 1. The van der Waals surface area contributed by atoms with E-state index in [0.29, 0.717) is 12.8 Å². The zero-order chi connectivity index (χ0) is 14.6. The van der Waals surface area contributed by atoms with Crippen LogP contribution in [0.25, 0.3) is 0 Å². The molecule has 19 heavy (non-hydrogen) atoms. The van der Waals surface area contributed by atoms with Crippen molar-refractivity contribution in [3.63, 3.8) is 0 Å². The molecule has 0 aromatic heterocycles. The molecule has 0 radical (unpaired) electrons. The highest BCUT2D eigenvalue weighted by molar-refractivity contribution is 5.91. The van der Waals surface area contributed by atoms with Crippen molar-refractivity contribution in [2.75, 3.05) is 7.11 Å². The van der Waals surface area contributed by atoms with Gasteiger partial charge in [0.2, 0.25) is 0 Å². The lowest BCUT2D eigenvalue weighted by Crippen LogP contribution is -2.27. The molecule has 5 heteroatoms. The summed E-state index contributed by atoms with van der Waals surface area (Å²) in [6, 6.07) is 0. The zero-order valence-electron chi connectivity index (χ0n) is 12.0. The van der Waals surface area contributed by atoms with E-state index in [0.717, 1.165) is 0 Å². The fourth-order valence-electron chi connectivity index (χ4n) is 2.29. The summed E-state index contributed by atoms with van der Waals surface area (Å²) in [6.45, 7) is 5.38. The fourth-order valence-corrected chi connectivity index (χ4v) is 2.29. The minimum atomic E-state index is -0.538. The Balaban J connectivity index is 2.47. The van der Waals surface area contributed by atoms with Crippen molar-refractivity contribution in [1.29, 1.82) is 0 Å². The smallest absolute Gasteiger partial charge is 0.307 e. The molecule has 1 rings (SSSR count). The second-order valence-corrected chi connectivity index (χ2v) is 5.94. The Morgan fingerprint density at radius 3 is 2.00 bits per heavy atom. The Labute approximate surface area is 113 Å². The predicted molar refractivity (Wildman–Crippen MR) is 68.3 cm³/mol. The molecule has 0 bridgehead atoms. The molecule has 0 saturated heterocycles. The lowest BCUT2D eigenvalue weighted by atomic mass is 9.98. The summed E-state index contributed by atoms with van der Waals surface area (Å²) in [5, 5.41) is 0. The van der Waals surface area contributed by atoms with E-state index in [-0.39, 0.29) is 42.4 Å². The highest BCUT2D eigenvalue weighted by atomic mass is 16.6. The van der Waals surface area contributed by atoms with E-state index >= 15 is 0 Å². The standard InChI is InChI=1S/C14H22O5/c1-14(2,3)19-12(16)8-10-6-5-9(13(10)17)7-11(15)18-4/h9-10H,5-8H2,1-4H3. The first-order chi connectivity index (χ1) is 8.73. The molecule has 1 saturated carbocycles. The minimum absolute atomic E-state index is 0.0174. The van der Waals surface area contributed by atoms with Gasteiger partial charge in [-0.1, -0.05) is 0 Å². The van der Waals surface area contributed by atoms with E-state index in [4.69, 9.17) is 4.74 Å². The second-order valence-electron chi connectivity index (χ2n) is 5.94. The van der Waals surface area contributed by atoms with E-state index in [2.05, 4.69) is 4.74 Å². The molecule has 0 N–H and O–H groups in total. The predicted octanol–water partition coefficient (Wildman–Crippen LogP) is 1.88. The van der Waals surface area contributed by atoms with Crippen molar-refractivity contribution in [2.24, 2.45) is 11.8 Å². The molecule has 0 amide bonds. The fraction of sp³-hybridized carbons (Fsp3) is 0.786. The van der Waals surface area contributed by atoms with Crippen LogP contribution in [0.2, 0.25) is 0 Å². The van der Waals surface area contributed by atoms with Gasteiger partial charge in [-0.15, -0.1) is 0 Å². The summed E-state index contributed by atoms with van der Waals surface area (Å²) < 4.78 is 9.76. The van der Waals surface area contributed by atoms with Crippen molar-refractivity contribution in [3.05, 3.63) is 0 Å². The Morgan fingerprint density at radius 2 is 1.58 bits per heavy atom. The first-order valence-electron chi connectivity index (χ1n) is 6.55. The number of carbonyl (C=O) groups is 3. The number of rotatable bonds is 4. The number of carbonyl (C=O) groups excluding carboxylic acids is 3. The molecular formula is C14H22O5. The topological polar surface area (TPSA) is 69.7 Å². The van der Waals surface area contributed by atoms with Gasteiger partial charge in [0.05, 0.1) is 20.0 Å². The summed E-state index contributed by atoms with van der Waals surface area (Å²) in [7, 11) is 1.31. The summed E-state index contributed by atoms with van der Waals surface area (Å²) in [5.41, 5.74) is -0.538. The maximum atomic E-state index is 12.0. The van der Waals surface area contributed by atoms with Crippen LogP contribution < -0.4 is 0 Å². The Kier molecular flexibility index (Phi) is 5.09. The number of ketones is 1. The van der Waals surface area contributed by atoms with Crippen LogP contribution in [0.3, 0.4) is 0 Å². The molecule has 0 spiro atoms. The number of hydrogen-bond acceptors (Lipinski definition) is 5. The van der Waals surface area contributed by atoms with Crippen LogP contribution in [-0.4, -0.2) is 30.4 Å². The van der Waals surface area contributed by atoms with Gasteiger partial charge in [-0.3, -0.25) is 14.4 Å². The second kappa shape index (κ2) is 6.17. The molecule has 0 aromatic carbocycles. The summed E-state index contributed by atoms with van der Waals surface area (Å²) in [5.74, 6) is -1.37. The maximum absolute atomic E-state index is 12.0. The number of esters is 2. The number of ether oxygens (including phenoxy) is 2. The van der Waals surface area contributed by atoms with Crippen LogP contribution in [0.1, 0.15) is 46.5 Å². The van der Waals surface area contributed by atoms with Gasteiger partial charge in [0, 0.05) is 11.8 Å². The summed E-state index contributed by atoms with van der Waals surface area (Å²) in [4.78, 5) is 34.9. The van der Waals surface area contributed by atoms with Crippen LogP contribution in [-0.2, 0) is 23.9 Å². The first-order valence-corrected chi connectivity index (χ1v) is 6.55. The Morgan fingerprint density at radius 1 is 1.11 bits per heavy atom. The van der Waals surface area contributed by atoms with Crippen molar-refractivity contribution in [3.8, 4) is 0 Å². The minimum Gasteiger partial charge on any atom is -0.469 e. The van der Waals surface area contributed by atoms with Gasteiger partial charge in [-0.25, -0.2) is 0 Å². The van der Waals surface area contributed by atoms with Crippen molar-refractivity contribution in [1.82, 2.24) is 0 Å². The quantitative estimate of drug-likeness (QED) is 0.729. The number of hydrogen-bond donors (Lipinski definition) is 0. The lowest BCUT2D eigenvalue weighted by molar-refractivity contribution is -0.157. The van der Waals surface area contributed by atoms with E-state index in [1.54, 1.807) is 20.8 Å². The molecule has 2 atom stereocenters. The molecule has 108 valence electrons. The average molecular weight is 270 g/mol. The van der Waals surface area contributed by atoms with Gasteiger partial charge in [-0.05, 0) is 33.6 Å². The van der Waals surface area contributed by atoms with Gasteiger partial charge < -0.3 is 9.47 Å². The Bertz CT molecular complexity index is 367. The van der Waals surface area contributed by atoms with E-state index in [9.17, 15) is 14.4 Å². The molecule has 1 aliphatic rings. The van der Waals surface area contributed by atoms with Crippen LogP contribution in [0.4, 0.5) is 0 Å². The monoisotopic (exact) mass is 270 g/mol. The van der Waals surface area contributed by atoms with E-state index in [1.807, 2.05) is 0 Å². The summed E-state index contributed by atoms with van der Waals surface area (Å²) >= 11 is 0. The molecule has 0 aliphatic heterocycles. The third-order valence-corrected chi connectivity index (χ3v) is 3.14. The zero-order valence-corrected chi connectivity index (χ0v) is 12.0. The van der Waals surface area contributed by atoms with Crippen molar-refractivity contribution >= 4 is 17.7 Å². The molecule has 5 nitrogen and oxygen atoms in total. The van der Waals surface area contributed by atoms with Gasteiger partial charge >= 0.3 is 11.9 Å². The highest BCUT2D eigenvalue weighted by Crippen LogP contribution is 2.32. The maximum Gasteiger partial charge on any atom is 0.307 e. The molecular weight excluding hydrogens is 248 g/mol. The SMILES string of the molecule is COC(=O)CC1CCC(CC(=O)OC(C)(C)C)C1=O. The third kappa shape index (κ3) is 5.01. The molecule has 0 heterocycles. The normalized spacial score (nSPS) is 23.3. The summed E-state index contributed by atoms with van der Waals surface area (Å²) in [6.07, 6.45) is 1.50. The number of methoxy groups -OCH3 is 1. The van der Waals surface area contributed by atoms with Crippen LogP contribution >= 0.6 is 0 Å². The van der Waals surface area contributed by atoms with Crippen LogP contribution in [0, 0.1) is 11.8 Å².